The Balaban J connectivity index is 1.47. The zero-order valence-electron chi connectivity index (χ0n) is 15.7. The zero-order valence-corrected chi connectivity index (χ0v) is 15.7. The van der Waals surface area contributed by atoms with Crippen molar-refractivity contribution in [2.45, 2.75) is 37.8 Å². The molecule has 4 aromatic rings. The van der Waals surface area contributed by atoms with E-state index in [0.717, 1.165) is 36.7 Å². The molecule has 1 aliphatic rings. The Labute approximate surface area is 166 Å². The Bertz CT molecular complexity index is 1100. The topological polar surface area (TPSA) is 105 Å². The van der Waals surface area contributed by atoms with E-state index in [1.54, 1.807) is 27.8 Å². The summed E-state index contributed by atoms with van der Waals surface area (Å²) in [5, 5.41) is 30.8. The summed E-state index contributed by atoms with van der Waals surface area (Å²) < 4.78 is 1.60. The lowest BCUT2D eigenvalue weighted by atomic mass is 9.90. The molecule has 5 rings (SSSR count). The fourth-order valence-electron chi connectivity index (χ4n) is 4.19. The van der Waals surface area contributed by atoms with Crippen LogP contribution in [0.25, 0.3) is 11.0 Å². The predicted molar refractivity (Wildman–Crippen MR) is 106 cm³/mol. The third-order valence-corrected chi connectivity index (χ3v) is 5.55. The molecule has 0 amide bonds. The molecule has 1 fully saturated rings. The monoisotopic (exact) mass is 391 g/mol. The minimum atomic E-state index is 0.0484. The van der Waals surface area contributed by atoms with Gasteiger partial charge in [0.1, 0.15) is 11.0 Å². The van der Waals surface area contributed by atoms with Crippen molar-refractivity contribution in [3.8, 4) is 11.8 Å². The lowest BCUT2D eigenvalue weighted by molar-refractivity contribution is 0.256. The first-order valence-electron chi connectivity index (χ1n) is 9.68. The van der Waals surface area contributed by atoms with Gasteiger partial charge in [-0.15, -0.1) is 9.89 Å². The maximum Gasteiger partial charge on any atom is 0.246 e. The van der Waals surface area contributed by atoms with Gasteiger partial charge in [-0.2, -0.15) is 0 Å². The standard InChI is InChI=1S/C20H21N7O2/c28-18-10-11-19(29)25(18)14-6-8-15(9-7-14)26(20-21-12-3-13-22-20)27-17-5-2-1-4-16(17)23-24-27/h1-5,10-15,28-29H,6-9H2. The van der Waals surface area contributed by atoms with E-state index < -0.39 is 0 Å². The molecule has 1 aliphatic carbocycles. The Morgan fingerprint density at radius 3 is 2.28 bits per heavy atom. The number of hydrogen-bond donors (Lipinski definition) is 2. The van der Waals surface area contributed by atoms with Gasteiger partial charge >= 0.3 is 0 Å². The van der Waals surface area contributed by atoms with E-state index in [0.29, 0.717) is 5.95 Å². The number of aromatic nitrogens is 6. The Morgan fingerprint density at radius 2 is 1.55 bits per heavy atom. The van der Waals surface area contributed by atoms with Crippen LogP contribution >= 0.6 is 0 Å². The van der Waals surface area contributed by atoms with Gasteiger partial charge in [0.2, 0.25) is 5.95 Å². The van der Waals surface area contributed by atoms with E-state index in [1.165, 1.54) is 12.1 Å². The van der Waals surface area contributed by atoms with Crippen molar-refractivity contribution in [2.24, 2.45) is 0 Å². The van der Waals surface area contributed by atoms with Gasteiger partial charge in [-0.05, 0) is 49.1 Å². The third-order valence-electron chi connectivity index (χ3n) is 5.55. The number of anilines is 1. The van der Waals surface area contributed by atoms with Crippen LogP contribution in [0.2, 0.25) is 0 Å². The van der Waals surface area contributed by atoms with Gasteiger partial charge in [0, 0.05) is 30.6 Å². The highest BCUT2D eigenvalue weighted by Gasteiger charge is 2.32. The number of rotatable bonds is 4. The van der Waals surface area contributed by atoms with Crippen molar-refractivity contribution in [1.29, 1.82) is 0 Å². The molecular formula is C20H21N7O2. The highest BCUT2D eigenvalue weighted by atomic mass is 16.3. The van der Waals surface area contributed by atoms with Crippen LogP contribution in [0.1, 0.15) is 31.7 Å². The van der Waals surface area contributed by atoms with E-state index in [1.807, 2.05) is 29.3 Å². The number of nitrogens with zero attached hydrogens (tertiary/aromatic N) is 7. The minimum absolute atomic E-state index is 0.0484. The van der Waals surface area contributed by atoms with Crippen molar-refractivity contribution in [2.75, 3.05) is 5.01 Å². The molecule has 0 bridgehead atoms. The lowest BCUT2D eigenvalue weighted by Crippen LogP contribution is -2.43. The molecule has 9 heteroatoms. The second-order valence-corrected chi connectivity index (χ2v) is 7.24. The first-order chi connectivity index (χ1) is 14.2. The fourth-order valence-corrected chi connectivity index (χ4v) is 4.19. The van der Waals surface area contributed by atoms with E-state index in [-0.39, 0.29) is 23.8 Å². The van der Waals surface area contributed by atoms with Crippen molar-refractivity contribution in [3.63, 3.8) is 0 Å². The van der Waals surface area contributed by atoms with Gasteiger partial charge in [0.15, 0.2) is 11.8 Å². The highest BCUT2D eigenvalue weighted by molar-refractivity contribution is 5.74. The minimum Gasteiger partial charge on any atom is -0.494 e. The first kappa shape index (κ1) is 17.5. The number of para-hydroxylation sites is 1. The summed E-state index contributed by atoms with van der Waals surface area (Å²) in [7, 11) is 0. The SMILES string of the molecule is Oc1ccc(O)n1C1CCC(N(c2ncccn2)n2nnc3ccccc32)CC1. The quantitative estimate of drug-likeness (QED) is 0.551. The molecule has 1 aromatic carbocycles. The van der Waals surface area contributed by atoms with E-state index in [4.69, 9.17) is 0 Å². The molecule has 0 unspecified atom stereocenters. The molecule has 3 heterocycles. The van der Waals surface area contributed by atoms with Gasteiger partial charge in [-0.3, -0.25) is 4.57 Å². The van der Waals surface area contributed by atoms with Crippen molar-refractivity contribution in [1.82, 2.24) is 29.6 Å². The summed E-state index contributed by atoms with van der Waals surface area (Å²) in [5.74, 6) is 0.756. The van der Waals surface area contributed by atoms with Crippen LogP contribution in [0.3, 0.4) is 0 Å². The maximum absolute atomic E-state index is 10.1. The largest absolute Gasteiger partial charge is 0.494 e. The molecule has 0 atom stereocenters. The highest BCUT2D eigenvalue weighted by Crippen LogP contribution is 2.38. The fraction of sp³-hybridized carbons (Fsp3) is 0.300. The number of benzene rings is 1. The molecule has 2 N–H and O–H groups in total. The summed E-state index contributed by atoms with van der Waals surface area (Å²) in [6.07, 6.45) is 6.70. The van der Waals surface area contributed by atoms with Gasteiger partial charge < -0.3 is 10.2 Å². The van der Waals surface area contributed by atoms with Gasteiger partial charge in [-0.25, -0.2) is 15.0 Å². The van der Waals surface area contributed by atoms with Crippen molar-refractivity contribution >= 4 is 17.0 Å². The van der Waals surface area contributed by atoms with Crippen LogP contribution in [-0.4, -0.2) is 45.9 Å². The first-order valence-corrected chi connectivity index (χ1v) is 9.68. The number of hydrogen-bond acceptors (Lipinski definition) is 7. The average Bonchev–Trinajstić information content (AvgIpc) is 3.33. The second kappa shape index (κ2) is 7.08. The summed E-state index contributed by atoms with van der Waals surface area (Å²) in [5.41, 5.74) is 1.70. The van der Waals surface area contributed by atoms with E-state index >= 15 is 0 Å². The second-order valence-electron chi connectivity index (χ2n) is 7.24. The van der Waals surface area contributed by atoms with Crippen LogP contribution in [0.5, 0.6) is 11.8 Å². The number of aromatic hydroxyl groups is 2. The molecule has 0 radical (unpaired) electrons. The molecule has 0 aliphatic heterocycles. The Hall–Kier alpha value is -3.62. The van der Waals surface area contributed by atoms with Gasteiger partial charge in [0.05, 0.1) is 6.04 Å². The summed E-state index contributed by atoms with van der Waals surface area (Å²) in [4.78, 5) is 10.7. The molecular weight excluding hydrogens is 370 g/mol. The maximum atomic E-state index is 10.1. The molecule has 29 heavy (non-hydrogen) atoms. The lowest BCUT2D eigenvalue weighted by Gasteiger charge is -2.36. The van der Waals surface area contributed by atoms with E-state index in [9.17, 15) is 10.2 Å². The molecule has 9 nitrogen and oxygen atoms in total. The Kier molecular flexibility index (Phi) is 4.27. The zero-order chi connectivity index (χ0) is 19.8. The smallest absolute Gasteiger partial charge is 0.246 e. The average molecular weight is 391 g/mol. The van der Waals surface area contributed by atoms with Crippen LogP contribution in [0, 0.1) is 0 Å². The summed E-state index contributed by atoms with van der Waals surface area (Å²) in [6.45, 7) is 0. The van der Waals surface area contributed by atoms with Crippen molar-refractivity contribution in [3.05, 3.63) is 54.9 Å². The molecule has 1 saturated carbocycles. The normalized spacial score (nSPS) is 19.4. The van der Waals surface area contributed by atoms with Crippen LogP contribution in [0.15, 0.2) is 54.9 Å². The Morgan fingerprint density at radius 1 is 0.862 bits per heavy atom. The summed E-state index contributed by atoms with van der Waals surface area (Å²) in [6, 6.07) is 12.8. The molecule has 148 valence electrons. The molecule has 0 spiro atoms. The van der Waals surface area contributed by atoms with Crippen LogP contribution in [-0.2, 0) is 0 Å². The van der Waals surface area contributed by atoms with Crippen LogP contribution in [0.4, 0.5) is 5.95 Å². The van der Waals surface area contributed by atoms with Crippen LogP contribution < -0.4 is 5.01 Å². The molecule has 0 saturated heterocycles. The molecule has 3 aromatic heterocycles. The predicted octanol–water partition coefficient (Wildman–Crippen LogP) is 2.89. The van der Waals surface area contributed by atoms with Gasteiger partial charge in [0.25, 0.3) is 0 Å². The number of fused-ring (bicyclic) bond motifs is 1. The third kappa shape index (κ3) is 3.04. The van der Waals surface area contributed by atoms with E-state index in [2.05, 4.69) is 20.3 Å². The van der Waals surface area contributed by atoms with Crippen molar-refractivity contribution < 1.29 is 10.2 Å². The van der Waals surface area contributed by atoms with Gasteiger partial charge in [-0.1, -0.05) is 12.1 Å². The summed E-state index contributed by atoms with van der Waals surface area (Å²) >= 11 is 0.